The predicted molar refractivity (Wildman–Crippen MR) is 124 cm³/mol. The second-order valence-corrected chi connectivity index (χ2v) is 8.18. The number of hydrogen-bond donors (Lipinski definition) is 2. The van der Waals surface area contributed by atoms with Gasteiger partial charge < -0.3 is 10.0 Å². The van der Waals surface area contributed by atoms with Gasteiger partial charge in [0.25, 0.3) is 5.69 Å². The summed E-state index contributed by atoms with van der Waals surface area (Å²) in [6.07, 6.45) is 2.26. The van der Waals surface area contributed by atoms with Crippen molar-refractivity contribution in [2.45, 2.75) is 19.3 Å². The van der Waals surface area contributed by atoms with E-state index >= 15 is 0 Å². The zero-order valence-electron chi connectivity index (χ0n) is 17.1. The van der Waals surface area contributed by atoms with E-state index in [0.717, 1.165) is 24.3 Å². The van der Waals surface area contributed by atoms with Crippen molar-refractivity contribution < 1.29 is 14.8 Å². The van der Waals surface area contributed by atoms with Gasteiger partial charge in [-0.05, 0) is 25.0 Å². The molecule has 0 spiro atoms. The standard InChI is InChI=1S/C22H21N5O4S/c28-21(29)18(13-16-5-1-2-6-20(16)27(30)31)24-25-22-23-19(14-32-22)15-7-9-17(10-8-15)26-11-3-4-12-26/h1-2,5-10,14H,3-4,11-13H2,(H,23,25)(H,28,29)/b24-18-. The summed E-state index contributed by atoms with van der Waals surface area (Å²) < 4.78 is 0. The summed E-state index contributed by atoms with van der Waals surface area (Å²) >= 11 is 1.30. The van der Waals surface area contributed by atoms with Gasteiger partial charge in [0.15, 0.2) is 0 Å². The molecule has 2 N–H and O–H groups in total. The molecule has 1 aromatic heterocycles. The second kappa shape index (κ2) is 9.56. The quantitative estimate of drug-likeness (QED) is 0.295. The highest BCUT2D eigenvalue weighted by Gasteiger charge is 2.19. The van der Waals surface area contributed by atoms with E-state index in [0.29, 0.717) is 5.13 Å². The minimum Gasteiger partial charge on any atom is -0.477 e. The number of para-hydroxylation sites is 1. The number of rotatable bonds is 8. The zero-order valence-corrected chi connectivity index (χ0v) is 17.9. The number of aromatic nitrogens is 1. The van der Waals surface area contributed by atoms with Gasteiger partial charge in [-0.3, -0.25) is 15.5 Å². The maximum Gasteiger partial charge on any atom is 0.352 e. The first-order valence-corrected chi connectivity index (χ1v) is 11.0. The highest BCUT2D eigenvalue weighted by Crippen LogP contribution is 2.28. The number of hydrazone groups is 1. The first-order chi connectivity index (χ1) is 15.5. The average Bonchev–Trinajstić information content (AvgIpc) is 3.49. The third-order valence-electron chi connectivity index (χ3n) is 5.22. The molecule has 4 rings (SSSR count). The molecule has 9 nitrogen and oxygen atoms in total. The van der Waals surface area contributed by atoms with Crippen LogP contribution in [0.2, 0.25) is 0 Å². The lowest BCUT2D eigenvalue weighted by molar-refractivity contribution is -0.385. The molecule has 0 bridgehead atoms. The Morgan fingerprint density at radius 2 is 1.91 bits per heavy atom. The van der Waals surface area contributed by atoms with Crippen LogP contribution in [-0.2, 0) is 11.2 Å². The number of aliphatic carboxylic acids is 1. The van der Waals surface area contributed by atoms with Gasteiger partial charge in [0.1, 0.15) is 5.71 Å². The molecule has 3 aromatic rings. The van der Waals surface area contributed by atoms with Crippen LogP contribution in [0.25, 0.3) is 11.3 Å². The van der Waals surface area contributed by atoms with Gasteiger partial charge in [-0.1, -0.05) is 30.3 Å². The van der Waals surface area contributed by atoms with Crippen LogP contribution in [0.3, 0.4) is 0 Å². The van der Waals surface area contributed by atoms with Gasteiger partial charge in [-0.2, -0.15) is 5.10 Å². The Bertz CT molecular complexity index is 1150. The van der Waals surface area contributed by atoms with Crippen molar-refractivity contribution in [1.82, 2.24) is 4.98 Å². The van der Waals surface area contributed by atoms with Gasteiger partial charge in [0.2, 0.25) is 5.13 Å². The number of carboxylic acids is 1. The van der Waals surface area contributed by atoms with Gasteiger partial charge >= 0.3 is 5.97 Å². The average molecular weight is 452 g/mol. The van der Waals surface area contributed by atoms with Crippen LogP contribution >= 0.6 is 11.3 Å². The molecular formula is C22H21N5O4S. The fraction of sp³-hybridized carbons (Fsp3) is 0.227. The summed E-state index contributed by atoms with van der Waals surface area (Å²) in [6.45, 7) is 2.17. The molecule has 1 fully saturated rings. The molecule has 1 saturated heterocycles. The van der Waals surface area contributed by atoms with Crippen molar-refractivity contribution in [2.24, 2.45) is 5.10 Å². The van der Waals surface area contributed by atoms with Crippen LogP contribution in [0.15, 0.2) is 59.0 Å². The molecule has 2 aromatic carbocycles. The Hall–Kier alpha value is -3.79. The van der Waals surface area contributed by atoms with Crippen molar-refractivity contribution in [3.8, 4) is 11.3 Å². The van der Waals surface area contributed by atoms with Crippen molar-refractivity contribution in [3.63, 3.8) is 0 Å². The SMILES string of the molecule is O=C(O)/C(Cc1ccccc1[N+](=O)[O-])=N\Nc1nc(-c2ccc(N3CCCC3)cc2)cs1. The van der Waals surface area contributed by atoms with E-state index in [1.165, 1.54) is 48.1 Å². The third kappa shape index (κ3) is 4.92. The molecule has 1 aliphatic rings. The minimum atomic E-state index is -1.26. The molecule has 164 valence electrons. The van der Waals surface area contributed by atoms with E-state index in [4.69, 9.17) is 0 Å². The van der Waals surface area contributed by atoms with Gasteiger partial charge in [0, 0.05) is 47.8 Å². The number of thiazole rings is 1. The predicted octanol–water partition coefficient (Wildman–Crippen LogP) is 4.41. The molecule has 0 atom stereocenters. The highest BCUT2D eigenvalue weighted by atomic mass is 32.1. The topological polar surface area (TPSA) is 121 Å². The normalized spacial score (nSPS) is 13.9. The van der Waals surface area contributed by atoms with Crippen LogP contribution in [0.5, 0.6) is 0 Å². The Balaban J connectivity index is 1.47. The maximum absolute atomic E-state index is 11.6. The molecule has 1 aliphatic heterocycles. The summed E-state index contributed by atoms with van der Waals surface area (Å²) in [5.74, 6) is -1.26. The number of nitro benzene ring substituents is 1. The number of carbonyl (C=O) groups is 1. The molecule has 0 radical (unpaired) electrons. The molecule has 10 heteroatoms. The Morgan fingerprint density at radius 3 is 2.59 bits per heavy atom. The van der Waals surface area contributed by atoms with Gasteiger partial charge in [-0.15, -0.1) is 11.3 Å². The van der Waals surface area contributed by atoms with E-state index in [2.05, 4.69) is 32.5 Å². The van der Waals surface area contributed by atoms with Crippen molar-refractivity contribution in [1.29, 1.82) is 0 Å². The Labute approximate surface area is 188 Å². The number of nitrogens with one attached hydrogen (secondary N) is 1. The molecule has 0 amide bonds. The van der Waals surface area contributed by atoms with Crippen molar-refractivity contribution in [2.75, 3.05) is 23.4 Å². The number of benzene rings is 2. The van der Waals surface area contributed by atoms with Crippen LogP contribution in [-0.4, -0.2) is 39.8 Å². The maximum atomic E-state index is 11.6. The molecule has 0 aliphatic carbocycles. The Kier molecular flexibility index (Phi) is 6.41. The number of nitrogens with zero attached hydrogens (tertiary/aromatic N) is 4. The van der Waals surface area contributed by atoms with Crippen LogP contribution < -0.4 is 10.3 Å². The fourth-order valence-electron chi connectivity index (χ4n) is 3.57. The van der Waals surface area contributed by atoms with E-state index in [-0.39, 0.29) is 23.4 Å². The molecule has 0 saturated carbocycles. The van der Waals surface area contributed by atoms with Gasteiger partial charge in [0.05, 0.1) is 10.6 Å². The third-order valence-corrected chi connectivity index (χ3v) is 5.96. The fourth-order valence-corrected chi connectivity index (χ4v) is 4.23. The lowest BCUT2D eigenvalue weighted by Gasteiger charge is -2.17. The van der Waals surface area contributed by atoms with Crippen molar-refractivity contribution in [3.05, 3.63) is 69.6 Å². The zero-order chi connectivity index (χ0) is 22.5. The smallest absolute Gasteiger partial charge is 0.352 e. The first kappa shape index (κ1) is 21.4. The monoisotopic (exact) mass is 451 g/mol. The number of hydrogen-bond acceptors (Lipinski definition) is 8. The molecule has 32 heavy (non-hydrogen) atoms. The largest absolute Gasteiger partial charge is 0.477 e. The minimum absolute atomic E-state index is 0.143. The van der Waals surface area contributed by atoms with Crippen molar-refractivity contribution >= 4 is 39.5 Å². The molecule has 2 heterocycles. The summed E-state index contributed by atoms with van der Waals surface area (Å²) in [7, 11) is 0. The van der Waals surface area contributed by atoms with E-state index < -0.39 is 10.9 Å². The van der Waals surface area contributed by atoms with E-state index in [1.54, 1.807) is 6.07 Å². The number of carboxylic acid groups (broad SMARTS) is 1. The molecule has 0 unspecified atom stereocenters. The Morgan fingerprint density at radius 1 is 1.19 bits per heavy atom. The number of nitro groups is 1. The van der Waals surface area contributed by atoms with E-state index in [1.807, 2.05) is 17.5 Å². The second-order valence-electron chi connectivity index (χ2n) is 7.32. The summed E-state index contributed by atoms with van der Waals surface area (Å²) in [4.78, 5) is 29.1. The van der Waals surface area contributed by atoms with E-state index in [9.17, 15) is 20.0 Å². The number of anilines is 2. The lowest BCUT2D eigenvalue weighted by atomic mass is 10.1. The first-order valence-electron chi connectivity index (χ1n) is 10.1. The summed E-state index contributed by atoms with van der Waals surface area (Å²) in [5.41, 5.74) is 5.48. The lowest BCUT2D eigenvalue weighted by Crippen LogP contribution is -2.18. The summed E-state index contributed by atoms with van der Waals surface area (Å²) in [5, 5.41) is 26.9. The summed E-state index contributed by atoms with van der Waals surface area (Å²) in [6, 6.07) is 14.2. The van der Waals surface area contributed by atoms with Crippen LogP contribution in [0.4, 0.5) is 16.5 Å². The van der Waals surface area contributed by atoms with Gasteiger partial charge in [-0.25, -0.2) is 9.78 Å². The molecular weight excluding hydrogens is 430 g/mol. The highest BCUT2D eigenvalue weighted by molar-refractivity contribution is 7.14. The van der Waals surface area contributed by atoms with Crippen LogP contribution in [0.1, 0.15) is 18.4 Å². The van der Waals surface area contributed by atoms with Crippen LogP contribution in [0, 0.1) is 10.1 Å².